The summed E-state index contributed by atoms with van der Waals surface area (Å²) in [5.41, 5.74) is 1.41. The molecule has 0 saturated carbocycles. The quantitative estimate of drug-likeness (QED) is 0.398. The molecule has 1 aromatic carbocycles. The summed E-state index contributed by atoms with van der Waals surface area (Å²) < 4.78 is 14.9. The normalized spacial score (nSPS) is 14.8. The predicted molar refractivity (Wildman–Crippen MR) is 112 cm³/mol. The van der Waals surface area contributed by atoms with E-state index in [-0.39, 0.29) is 30.6 Å². The van der Waals surface area contributed by atoms with E-state index >= 15 is 0 Å². The number of carbonyl (C=O) groups excluding carboxylic acids is 2. The van der Waals surface area contributed by atoms with Crippen LogP contribution in [-0.2, 0) is 23.1 Å². The van der Waals surface area contributed by atoms with E-state index in [1.54, 1.807) is 35.0 Å². The smallest absolute Gasteiger partial charge is 0.246 e. The Hall–Kier alpha value is -3.43. The summed E-state index contributed by atoms with van der Waals surface area (Å²) in [7, 11) is 3.47. The van der Waals surface area contributed by atoms with Crippen molar-refractivity contribution in [1.82, 2.24) is 25.3 Å². The van der Waals surface area contributed by atoms with Gasteiger partial charge in [0.05, 0.1) is 18.3 Å². The Morgan fingerprint density at radius 1 is 1.27 bits per heavy atom. The van der Waals surface area contributed by atoms with E-state index in [4.69, 9.17) is 0 Å². The lowest BCUT2D eigenvalue weighted by Gasteiger charge is -2.35. The highest BCUT2D eigenvalue weighted by atomic mass is 19.1. The van der Waals surface area contributed by atoms with Crippen LogP contribution in [0.1, 0.15) is 5.56 Å². The van der Waals surface area contributed by atoms with Crippen LogP contribution in [0.25, 0.3) is 0 Å². The van der Waals surface area contributed by atoms with Gasteiger partial charge >= 0.3 is 0 Å². The molecule has 1 aliphatic rings. The molecule has 2 aromatic rings. The lowest BCUT2D eigenvalue weighted by Crippen LogP contribution is -2.56. The van der Waals surface area contributed by atoms with Gasteiger partial charge in [0, 0.05) is 46.5 Å². The van der Waals surface area contributed by atoms with Crippen molar-refractivity contribution in [2.24, 2.45) is 12.0 Å². The minimum Gasteiger partial charge on any atom is -0.354 e. The van der Waals surface area contributed by atoms with E-state index in [0.29, 0.717) is 37.7 Å². The highest BCUT2D eigenvalue weighted by molar-refractivity contribution is 5.98. The zero-order valence-electron chi connectivity index (χ0n) is 17.1. The molecule has 160 valence electrons. The Kier molecular flexibility index (Phi) is 6.99. The summed E-state index contributed by atoms with van der Waals surface area (Å²) in [4.78, 5) is 32.4. The van der Waals surface area contributed by atoms with Crippen LogP contribution in [0.2, 0.25) is 0 Å². The minimum absolute atomic E-state index is 0.0272. The first-order valence-electron chi connectivity index (χ1n) is 9.72. The van der Waals surface area contributed by atoms with E-state index in [1.807, 2.05) is 18.1 Å². The maximum absolute atomic E-state index is 13.2. The highest BCUT2D eigenvalue weighted by Crippen LogP contribution is 2.16. The third-order valence-corrected chi connectivity index (χ3v) is 4.72. The number of aliphatic imine (C=N–C) groups is 1. The molecule has 10 heteroatoms. The van der Waals surface area contributed by atoms with Gasteiger partial charge in [-0.05, 0) is 17.7 Å². The summed E-state index contributed by atoms with van der Waals surface area (Å²) in [5, 5.41) is 10.1. The van der Waals surface area contributed by atoms with Gasteiger partial charge in [-0.1, -0.05) is 12.1 Å². The van der Waals surface area contributed by atoms with Crippen LogP contribution in [0.4, 0.5) is 10.1 Å². The Bertz CT molecular complexity index is 927. The molecule has 2 amide bonds. The number of amides is 2. The van der Waals surface area contributed by atoms with Crippen LogP contribution in [0, 0.1) is 5.82 Å². The Labute approximate surface area is 174 Å². The van der Waals surface area contributed by atoms with Crippen LogP contribution in [0.15, 0.2) is 41.7 Å². The van der Waals surface area contributed by atoms with Crippen molar-refractivity contribution in [2.45, 2.75) is 6.42 Å². The molecule has 0 unspecified atom stereocenters. The van der Waals surface area contributed by atoms with E-state index in [0.717, 1.165) is 5.69 Å². The summed E-state index contributed by atoms with van der Waals surface area (Å²) in [6.45, 7) is 2.22. The van der Waals surface area contributed by atoms with Crippen LogP contribution in [0.3, 0.4) is 0 Å². The fourth-order valence-corrected chi connectivity index (χ4v) is 3.28. The van der Waals surface area contributed by atoms with Crippen LogP contribution in [0.5, 0.6) is 0 Å². The van der Waals surface area contributed by atoms with Crippen molar-refractivity contribution in [3.8, 4) is 0 Å². The summed E-state index contributed by atoms with van der Waals surface area (Å²) in [5.74, 6) is 0.0377. The molecule has 1 aliphatic heterocycles. The molecule has 1 fully saturated rings. The molecule has 0 radical (unpaired) electrons. The molecule has 0 atom stereocenters. The number of nitrogens with zero attached hydrogens (tertiary/aromatic N) is 5. The van der Waals surface area contributed by atoms with Crippen LogP contribution in [-0.4, -0.2) is 72.2 Å². The van der Waals surface area contributed by atoms with E-state index in [1.165, 1.54) is 12.1 Å². The van der Waals surface area contributed by atoms with Gasteiger partial charge < -0.3 is 20.4 Å². The molecule has 0 bridgehead atoms. The second-order valence-corrected chi connectivity index (χ2v) is 6.97. The van der Waals surface area contributed by atoms with Crippen molar-refractivity contribution < 1.29 is 14.0 Å². The number of aryl methyl sites for hydroxylation is 1. The fourth-order valence-electron chi connectivity index (χ4n) is 3.28. The average Bonchev–Trinajstić information content (AvgIpc) is 3.14. The van der Waals surface area contributed by atoms with Gasteiger partial charge in [-0.25, -0.2) is 4.39 Å². The summed E-state index contributed by atoms with van der Waals surface area (Å²) in [6.07, 6.45) is 3.61. The number of hydrogen-bond acceptors (Lipinski definition) is 4. The molecule has 1 aromatic heterocycles. The van der Waals surface area contributed by atoms with Crippen molar-refractivity contribution in [3.05, 3.63) is 48.0 Å². The zero-order valence-corrected chi connectivity index (χ0v) is 17.1. The average molecular weight is 415 g/mol. The largest absolute Gasteiger partial charge is 0.354 e. The molecule has 0 spiro atoms. The molecular formula is C20H26FN7O2. The lowest BCUT2D eigenvalue weighted by molar-refractivity contribution is -0.121. The fraction of sp³-hybridized carbons (Fsp3) is 0.400. The van der Waals surface area contributed by atoms with Crippen molar-refractivity contribution in [2.75, 3.05) is 44.7 Å². The van der Waals surface area contributed by atoms with Gasteiger partial charge in [0.15, 0.2) is 5.96 Å². The SMILES string of the molecule is CN=C(NCCNC(=O)Cc1cccc(F)c1)N1CCN(c2cnn(C)c2)C(=O)C1. The molecule has 9 nitrogen and oxygen atoms in total. The highest BCUT2D eigenvalue weighted by Gasteiger charge is 2.27. The Morgan fingerprint density at radius 2 is 2.07 bits per heavy atom. The third-order valence-electron chi connectivity index (χ3n) is 4.72. The number of guanidine groups is 1. The van der Waals surface area contributed by atoms with Crippen molar-refractivity contribution in [1.29, 1.82) is 0 Å². The number of benzene rings is 1. The number of halogens is 1. The molecule has 2 N–H and O–H groups in total. The second-order valence-electron chi connectivity index (χ2n) is 6.97. The number of anilines is 1. The number of aromatic nitrogens is 2. The summed E-state index contributed by atoms with van der Waals surface area (Å²) in [6, 6.07) is 5.99. The monoisotopic (exact) mass is 415 g/mol. The van der Waals surface area contributed by atoms with Gasteiger partial charge in [-0.2, -0.15) is 5.10 Å². The van der Waals surface area contributed by atoms with Crippen molar-refractivity contribution in [3.63, 3.8) is 0 Å². The first kappa shape index (κ1) is 21.3. The Morgan fingerprint density at radius 3 is 2.73 bits per heavy atom. The number of carbonyl (C=O) groups is 2. The number of rotatable bonds is 6. The molecular weight excluding hydrogens is 389 g/mol. The zero-order chi connectivity index (χ0) is 21.5. The number of hydrogen-bond donors (Lipinski definition) is 2. The predicted octanol–water partition coefficient (Wildman–Crippen LogP) is 0.142. The molecule has 1 saturated heterocycles. The third kappa shape index (κ3) is 5.56. The van der Waals surface area contributed by atoms with Gasteiger partial charge in [-0.15, -0.1) is 0 Å². The van der Waals surface area contributed by atoms with Crippen molar-refractivity contribution >= 4 is 23.5 Å². The molecule has 0 aliphatic carbocycles. The minimum atomic E-state index is -0.357. The van der Waals surface area contributed by atoms with E-state index in [2.05, 4.69) is 20.7 Å². The van der Waals surface area contributed by atoms with Gasteiger partial charge in [0.25, 0.3) is 0 Å². The number of nitrogens with one attached hydrogen (secondary N) is 2. The summed E-state index contributed by atoms with van der Waals surface area (Å²) >= 11 is 0. The number of piperazine rings is 1. The second kappa shape index (κ2) is 9.86. The van der Waals surface area contributed by atoms with Gasteiger partial charge in [0.1, 0.15) is 12.4 Å². The topological polar surface area (TPSA) is 94.9 Å². The molecule has 30 heavy (non-hydrogen) atoms. The van der Waals surface area contributed by atoms with Crippen LogP contribution < -0.4 is 15.5 Å². The van der Waals surface area contributed by atoms with Gasteiger partial charge in [-0.3, -0.25) is 19.3 Å². The maximum atomic E-state index is 13.2. The first-order chi connectivity index (χ1) is 14.5. The van der Waals surface area contributed by atoms with E-state index in [9.17, 15) is 14.0 Å². The first-order valence-corrected chi connectivity index (χ1v) is 9.72. The van der Waals surface area contributed by atoms with Gasteiger partial charge in [0.2, 0.25) is 11.8 Å². The van der Waals surface area contributed by atoms with Crippen LogP contribution >= 0.6 is 0 Å². The maximum Gasteiger partial charge on any atom is 0.246 e. The molecule has 2 heterocycles. The Balaban J connectivity index is 1.41. The van der Waals surface area contributed by atoms with E-state index < -0.39 is 0 Å². The lowest BCUT2D eigenvalue weighted by atomic mass is 10.1. The molecule has 3 rings (SSSR count). The standard InChI is InChI=1S/C20H26FN7O2/c1-22-20(24-7-6-23-18(29)11-15-4-3-5-16(21)10-15)27-8-9-28(19(30)14-27)17-12-25-26(2)13-17/h3-5,10,12-13H,6-9,11,14H2,1-2H3,(H,22,24)(H,23,29).